The molecule has 1 atom stereocenters. The van der Waals surface area contributed by atoms with Gasteiger partial charge in [0.25, 0.3) is 0 Å². The van der Waals surface area contributed by atoms with Crippen LogP contribution in [0.2, 0.25) is 0 Å². The average Bonchev–Trinajstić information content (AvgIpc) is 2.56. The van der Waals surface area contributed by atoms with Crippen molar-refractivity contribution < 1.29 is 0 Å². The Morgan fingerprint density at radius 2 is 2.12 bits per heavy atom. The highest BCUT2D eigenvalue weighted by Crippen LogP contribution is 2.28. The first-order valence-corrected chi connectivity index (χ1v) is 6.56. The summed E-state index contributed by atoms with van der Waals surface area (Å²) in [4.78, 5) is 14.0. The van der Waals surface area contributed by atoms with E-state index in [0.29, 0.717) is 6.04 Å². The van der Waals surface area contributed by atoms with Gasteiger partial charge in [0.05, 0.1) is 6.04 Å². The van der Waals surface area contributed by atoms with E-state index in [1.165, 1.54) is 25.7 Å². The highest BCUT2D eigenvalue weighted by Gasteiger charge is 2.18. The summed E-state index contributed by atoms with van der Waals surface area (Å²) >= 11 is 1.67. The van der Waals surface area contributed by atoms with Crippen molar-refractivity contribution in [1.29, 1.82) is 0 Å². The fourth-order valence-corrected chi connectivity index (χ4v) is 3.06. The Bertz CT molecular complexity index is 441. The molecule has 0 bridgehead atoms. The SMILES string of the molecule is c1cnc2sc(C3CCCCCN3)nc2n1. The number of hydrogen-bond donors (Lipinski definition) is 1. The minimum absolute atomic E-state index is 0.406. The summed E-state index contributed by atoms with van der Waals surface area (Å²) < 4.78 is 0. The second kappa shape index (κ2) is 4.43. The predicted octanol–water partition coefficient (Wildman–Crippen LogP) is 2.29. The summed E-state index contributed by atoms with van der Waals surface area (Å²) in [6, 6.07) is 0.406. The molecular formula is C11H14N4S. The lowest BCUT2D eigenvalue weighted by molar-refractivity contribution is 0.533. The summed E-state index contributed by atoms with van der Waals surface area (Å²) in [5, 5.41) is 4.69. The van der Waals surface area contributed by atoms with Gasteiger partial charge in [0, 0.05) is 12.4 Å². The fourth-order valence-electron chi connectivity index (χ4n) is 2.08. The predicted molar refractivity (Wildman–Crippen MR) is 64.4 cm³/mol. The molecule has 0 spiro atoms. The molecule has 0 amide bonds. The average molecular weight is 234 g/mol. The molecule has 2 aromatic rings. The Balaban J connectivity index is 1.92. The van der Waals surface area contributed by atoms with Crippen LogP contribution >= 0.6 is 11.3 Å². The van der Waals surface area contributed by atoms with Gasteiger partial charge in [-0.05, 0) is 19.4 Å². The van der Waals surface area contributed by atoms with Gasteiger partial charge in [-0.15, -0.1) is 0 Å². The molecule has 84 valence electrons. The molecule has 1 fully saturated rings. The first kappa shape index (κ1) is 10.1. The van der Waals surface area contributed by atoms with Gasteiger partial charge < -0.3 is 5.32 Å². The largest absolute Gasteiger partial charge is 0.308 e. The molecular weight excluding hydrogens is 220 g/mol. The molecule has 3 rings (SSSR count). The van der Waals surface area contributed by atoms with E-state index in [4.69, 9.17) is 0 Å². The first-order valence-electron chi connectivity index (χ1n) is 5.74. The molecule has 0 aliphatic carbocycles. The number of nitrogens with zero attached hydrogens (tertiary/aromatic N) is 3. The fraction of sp³-hybridized carbons (Fsp3) is 0.545. The third kappa shape index (κ3) is 1.92. The number of fused-ring (bicyclic) bond motifs is 1. The van der Waals surface area contributed by atoms with E-state index >= 15 is 0 Å². The smallest absolute Gasteiger partial charge is 0.189 e. The second-order valence-corrected chi connectivity index (χ2v) is 5.10. The van der Waals surface area contributed by atoms with Gasteiger partial charge in [-0.25, -0.2) is 15.0 Å². The Hall–Kier alpha value is -1.07. The summed E-state index contributed by atoms with van der Waals surface area (Å²) in [6.07, 6.45) is 8.49. The number of aromatic nitrogens is 3. The number of nitrogens with one attached hydrogen (secondary N) is 1. The molecule has 0 radical (unpaired) electrons. The van der Waals surface area contributed by atoms with E-state index in [0.717, 1.165) is 22.0 Å². The lowest BCUT2D eigenvalue weighted by Crippen LogP contribution is -2.19. The van der Waals surface area contributed by atoms with Gasteiger partial charge in [0.2, 0.25) is 0 Å². The lowest BCUT2D eigenvalue weighted by Gasteiger charge is -2.11. The van der Waals surface area contributed by atoms with Crippen LogP contribution in [0, 0.1) is 0 Å². The molecule has 1 saturated heterocycles. The van der Waals surface area contributed by atoms with Crippen LogP contribution in [0.25, 0.3) is 10.5 Å². The van der Waals surface area contributed by atoms with Crippen molar-refractivity contribution in [3.8, 4) is 0 Å². The van der Waals surface area contributed by atoms with E-state index in [-0.39, 0.29) is 0 Å². The lowest BCUT2D eigenvalue weighted by atomic mass is 10.1. The molecule has 2 aromatic heterocycles. The minimum atomic E-state index is 0.406. The molecule has 0 aromatic carbocycles. The van der Waals surface area contributed by atoms with E-state index in [2.05, 4.69) is 20.3 Å². The van der Waals surface area contributed by atoms with Gasteiger partial charge in [0.1, 0.15) is 5.01 Å². The Morgan fingerprint density at radius 1 is 1.19 bits per heavy atom. The molecule has 1 aliphatic rings. The first-order chi connectivity index (χ1) is 7.93. The summed E-state index contributed by atoms with van der Waals surface area (Å²) in [5.74, 6) is 0. The van der Waals surface area contributed by atoms with Crippen LogP contribution in [-0.4, -0.2) is 21.5 Å². The third-order valence-electron chi connectivity index (χ3n) is 2.92. The maximum Gasteiger partial charge on any atom is 0.189 e. The Morgan fingerprint density at radius 3 is 3.06 bits per heavy atom. The van der Waals surface area contributed by atoms with Gasteiger partial charge >= 0.3 is 0 Å². The molecule has 4 nitrogen and oxygen atoms in total. The molecule has 16 heavy (non-hydrogen) atoms. The van der Waals surface area contributed by atoms with Crippen LogP contribution in [0.15, 0.2) is 12.4 Å². The molecule has 1 N–H and O–H groups in total. The Labute approximate surface area is 98.1 Å². The molecule has 5 heteroatoms. The molecule has 1 aliphatic heterocycles. The van der Waals surface area contributed by atoms with Crippen molar-refractivity contribution in [2.24, 2.45) is 0 Å². The van der Waals surface area contributed by atoms with Crippen LogP contribution < -0.4 is 5.32 Å². The normalized spacial score (nSPS) is 22.1. The van der Waals surface area contributed by atoms with Crippen molar-refractivity contribution in [3.63, 3.8) is 0 Å². The maximum atomic E-state index is 4.56. The van der Waals surface area contributed by atoms with Gasteiger partial charge in [-0.3, -0.25) is 0 Å². The number of rotatable bonds is 1. The molecule has 3 heterocycles. The van der Waals surface area contributed by atoms with Crippen LogP contribution in [0.4, 0.5) is 0 Å². The van der Waals surface area contributed by atoms with Crippen LogP contribution in [-0.2, 0) is 0 Å². The van der Waals surface area contributed by atoms with E-state index in [1.54, 1.807) is 23.7 Å². The van der Waals surface area contributed by atoms with Gasteiger partial charge in [-0.1, -0.05) is 24.2 Å². The molecule has 1 unspecified atom stereocenters. The van der Waals surface area contributed by atoms with Gasteiger partial charge in [0.15, 0.2) is 10.5 Å². The zero-order chi connectivity index (χ0) is 10.8. The van der Waals surface area contributed by atoms with Crippen LogP contribution in [0.3, 0.4) is 0 Å². The maximum absolute atomic E-state index is 4.56. The molecule has 0 saturated carbocycles. The number of thiazole rings is 1. The minimum Gasteiger partial charge on any atom is -0.308 e. The van der Waals surface area contributed by atoms with E-state index in [1.807, 2.05) is 0 Å². The van der Waals surface area contributed by atoms with Crippen molar-refractivity contribution in [3.05, 3.63) is 17.4 Å². The van der Waals surface area contributed by atoms with Crippen LogP contribution in [0.5, 0.6) is 0 Å². The summed E-state index contributed by atoms with van der Waals surface area (Å²) in [6.45, 7) is 1.10. The standard InChI is InChI=1S/C11H14N4S/c1-2-4-8(12-5-3-1)10-15-9-11(16-10)14-7-6-13-9/h6-8,12H,1-5H2. The van der Waals surface area contributed by atoms with Crippen molar-refractivity contribution in [2.45, 2.75) is 31.7 Å². The highest BCUT2D eigenvalue weighted by atomic mass is 32.1. The second-order valence-electron chi connectivity index (χ2n) is 4.09. The van der Waals surface area contributed by atoms with Crippen molar-refractivity contribution in [2.75, 3.05) is 6.54 Å². The quantitative estimate of drug-likeness (QED) is 0.822. The van der Waals surface area contributed by atoms with Crippen LogP contribution in [0.1, 0.15) is 36.7 Å². The summed E-state index contributed by atoms with van der Waals surface area (Å²) in [7, 11) is 0. The highest BCUT2D eigenvalue weighted by molar-refractivity contribution is 7.18. The zero-order valence-corrected chi connectivity index (χ0v) is 9.83. The van der Waals surface area contributed by atoms with E-state index in [9.17, 15) is 0 Å². The third-order valence-corrected chi connectivity index (χ3v) is 3.99. The van der Waals surface area contributed by atoms with Crippen molar-refractivity contribution >= 4 is 21.8 Å². The zero-order valence-electron chi connectivity index (χ0n) is 9.02. The monoisotopic (exact) mass is 234 g/mol. The van der Waals surface area contributed by atoms with Crippen molar-refractivity contribution in [1.82, 2.24) is 20.3 Å². The number of hydrogen-bond acceptors (Lipinski definition) is 5. The van der Waals surface area contributed by atoms with E-state index < -0.39 is 0 Å². The summed E-state index contributed by atoms with van der Waals surface area (Å²) in [5.41, 5.74) is 0.786. The van der Waals surface area contributed by atoms with Gasteiger partial charge in [-0.2, -0.15) is 0 Å². The Kier molecular flexibility index (Phi) is 2.80. The topological polar surface area (TPSA) is 50.7 Å².